The summed E-state index contributed by atoms with van der Waals surface area (Å²) in [4.78, 5) is 0. The highest BCUT2D eigenvalue weighted by molar-refractivity contribution is 7.91. The highest BCUT2D eigenvalue weighted by atomic mass is 32.2. The Bertz CT molecular complexity index is 800. The summed E-state index contributed by atoms with van der Waals surface area (Å²) in [5.74, 6) is 0.882. The van der Waals surface area contributed by atoms with E-state index in [1.54, 1.807) is 0 Å². The first kappa shape index (κ1) is 24.3. The minimum absolute atomic E-state index is 0.229. The van der Waals surface area contributed by atoms with Crippen LogP contribution < -0.4 is 0 Å². The van der Waals surface area contributed by atoms with E-state index >= 15 is 0 Å². The largest absolute Gasteiger partial charge is 0.616 e. The van der Waals surface area contributed by atoms with Gasteiger partial charge in [0.15, 0.2) is 0 Å². The molecule has 1 aliphatic heterocycles. The first-order chi connectivity index (χ1) is 14.8. The predicted octanol–water partition coefficient (Wildman–Crippen LogP) is 3.36. The lowest BCUT2D eigenvalue weighted by atomic mass is 9.61. The van der Waals surface area contributed by atoms with Gasteiger partial charge in [-0.2, -0.15) is 0 Å². The molecule has 1 heterocycles. The molecule has 2 aromatic carbocycles. The molecule has 0 aromatic heterocycles. The molecule has 0 amide bonds. The van der Waals surface area contributed by atoms with Gasteiger partial charge in [-0.1, -0.05) is 85.7 Å². The maximum Gasteiger partial charge on any atom is 0.116 e. The SMILES string of the molecule is CC(C)CCC(O)C1(Cc2ccccc2)C[S+]([O-])CC(CO)(Cc2ccccc2)C1O. The number of rotatable bonds is 9. The smallest absolute Gasteiger partial charge is 0.116 e. The molecule has 5 atom stereocenters. The molecule has 1 saturated heterocycles. The zero-order chi connectivity index (χ0) is 22.5. The van der Waals surface area contributed by atoms with Crippen molar-refractivity contribution in [3.05, 3.63) is 71.8 Å². The topological polar surface area (TPSA) is 83.8 Å². The third-order valence-corrected chi connectivity index (χ3v) is 8.53. The second kappa shape index (κ2) is 10.5. The van der Waals surface area contributed by atoms with Crippen LogP contribution in [0.4, 0.5) is 0 Å². The van der Waals surface area contributed by atoms with Gasteiger partial charge in [0.2, 0.25) is 0 Å². The number of hydrogen-bond acceptors (Lipinski definition) is 4. The van der Waals surface area contributed by atoms with E-state index in [9.17, 15) is 19.9 Å². The van der Waals surface area contributed by atoms with Gasteiger partial charge in [-0.3, -0.25) is 0 Å². The van der Waals surface area contributed by atoms with Gasteiger partial charge in [0.05, 0.1) is 29.6 Å². The molecule has 0 bridgehead atoms. The fourth-order valence-corrected chi connectivity index (χ4v) is 7.22. The van der Waals surface area contributed by atoms with E-state index in [1.807, 2.05) is 60.7 Å². The van der Waals surface area contributed by atoms with E-state index in [4.69, 9.17) is 0 Å². The third-order valence-electron chi connectivity index (χ3n) is 6.77. The van der Waals surface area contributed by atoms with Crippen LogP contribution in [0.25, 0.3) is 0 Å². The van der Waals surface area contributed by atoms with Crippen LogP contribution in [0, 0.1) is 16.7 Å². The number of aliphatic hydroxyl groups excluding tert-OH is 3. The molecule has 31 heavy (non-hydrogen) atoms. The number of benzene rings is 2. The van der Waals surface area contributed by atoms with Crippen LogP contribution in [0.3, 0.4) is 0 Å². The maximum atomic E-state index is 13.2. The zero-order valence-corrected chi connectivity index (χ0v) is 19.4. The Hall–Kier alpha value is -1.37. The molecular formula is C26H36O4S. The van der Waals surface area contributed by atoms with Gasteiger partial charge in [0.1, 0.15) is 11.5 Å². The monoisotopic (exact) mass is 444 g/mol. The van der Waals surface area contributed by atoms with Crippen molar-refractivity contribution in [2.75, 3.05) is 18.1 Å². The highest BCUT2D eigenvalue weighted by Crippen LogP contribution is 2.49. The minimum atomic E-state index is -1.26. The Morgan fingerprint density at radius 1 is 0.935 bits per heavy atom. The van der Waals surface area contributed by atoms with Crippen molar-refractivity contribution >= 4 is 11.2 Å². The average Bonchev–Trinajstić information content (AvgIpc) is 2.76. The van der Waals surface area contributed by atoms with Crippen LogP contribution in [0.2, 0.25) is 0 Å². The van der Waals surface area contributed by atoms with Crippen LogP contribution in [0.5, 0.6) is 0 Å². The molecule has 1 aliphatic rings. The third kappa shape index (κ3) is 5.52. The molecule has 4 nitrogen and oxygen atoms in total. The van der Waals surface area contributed by atoms with Gasteiger partial charge in [0, 0.05) is 0 Å². The van der Waals surface area contributed by atoms with Crippen molar-refractivity contribution in [1.29, 1.82) is 0 Å². The van der Waals surface area contributed by atoms with E-state index in [0.717, 1.165) is 17.5 Å². The Labute approximate surface area is 189 Å². The molecule has 0 radical (unpaired) electrons. The Balaban J connectivity index is 2.02. The van der Waals surface area contributed by atoms with Crippen LogP contribution in [0.15, 0.2) is 60.7 Å². The van der Waals surface area contributed by atoms with Crippen LogP contribution >= 0.6 is 0 Å². The lowest BCUT2D eigenvalue weighted by Crippen LogP contribution is -2.65. The summed E-state index contributed by atoms with van der Waals surface area (Å²) in [5, 5.41) is 33.8. The van der Waals surface area contributed by atoms with Gasteiger partial charge in [-0.15, -0.1) is 0 Å². The number of aliphatic hydroxyl groups is 3. The van der Waals surface area contributed by atoms with Gasteiger partial charge in [-0.25, -0.2) is 0 Å². The molecule has 0 saturated carbocycles. The van der Waals surface area contributed by atoms with Gasteiger partial charge in [0.25, 0.3) is 0 Å². The summed E-state index contributed by atoms with van der Waals surface area (Å²) < 4.78 is 13.2. The molecular weight excluding hydrogens is 408 g/mol. The van der Waals surface area contributed by atoms with Crippen molar-refractivity contribution in [3.63, 3.8) is 0 Å². The van der Waals surface area contributed by atoms with Crippen molar-refractivity contribution in [3.8, 4) is 0 Å². The second-order valence-corrected chi connectivity index (χ2v) is 11.2. The highest BCUT2D eigenvalue weighted by Gasteiger charge is 2.61. The molecule has 3 rings (SSSR count). The van der Waals surface area contributed by atoms with E-state index < -0.39 is 34.2 Å². The first-order valence-corrected chi connectivity index (χ1v) is 12.7. The van der Waals surface area contributed by atoms with Crippen molar-refractivity contribution in [2.45, 2.75) is 51.7 Å². The lowest BCUT2D eigenvalue weighted by molar-refractivity contribution is -0.133. The van der Waals surface area contributed by atoms with Crippen LogP contribution in [-0.2, 0) is 24.0 Å². The lowest BCUT2D eigenvalue weighted by Gasteiger charge is -2.53. The molecule has 0 spiro atoms. The van der Waals surface area contributed by atoms with Crippen molar-refractivity contribution < 1.29 is 19.9 Å². The standard InChI is InChI=1S/C26H36O4S/c1-20(2)13-14-23(28)26(16-22-11-7-4-8-12-22)19-31(30)18-25(17-27,24(26)29)15-21-9-5-3-6-10-21/h3-12,20,23-24,27-29H,13-19H2,1-2H3. The van der Waals surface area contributed by atoms with E-state index in [-0.39, 0.29) is 18.1 Å². The molecule has 1 fully saturated rings. The first-order valence-electron chi connectivity index (χ1n) is 11.2. The average molecular weight is 445 g/mol. The molecule has 170 valence electrons. The summed E-state index contributed by atoms with van der Waals surface area (Å²) in [5.41, 5.74) is 0.0462. The van der Waals surface area contributed by atoms with E-state index in [2.05, 4.69) is 13.8 Å². The normalized spacial score (nSPS) is 29.8. The summed E-state index contributed by atoms with van der Waals surface area (Å²) in [6.45, 7) is 3.95. The summed E-state index contributed by atoms with van der Waals surface area (Å²) in [6.07, 6.45) is 0.413. The minimum Gasteiger partial charge on any atom is -0.616 e. The summed E-state index contributed by atoms with van der Waals surface area (Å²) >= 11 is -1.26. The molecule has 3 N–H and O–H groups in total. The summed E-state index contributed by atoms with van der Waals surface area (Å²) in [6, 6.07) is 19.5. The predicted molar refractivity (Wildman–Crippen MR) is 126 cm³/mol. The Morgan fingerprint density at radius 3 is 2.00 bits per heavy atom. The van der Waals surface area contributed by atoms with Gasteiger partial charge >= 0.3 is 0 Å². The zero-order valence-electron chi connectivity index (χ0n) is 18.6. The van der Waals surface area contributed by atoms with Crippen LogP contribution in [-0.4, -0.2) is 50.2 Å². The fraction of sp³-hybridized carbons (Fsp3) is 0.538. The molecule has 5 heteroatoms. The quantitative estimate of drug-likeness (QED) is 0.518. The van der Waals surface area contributed by atoms with E-state index in [0.29, 0.717) is 25.2 Å². The van der Waals surface area contributed by atoms with E-state index in [1.165, 1.54) is 0 Å². The Morgan fingerprint density at radius 2 is 1.48 bits per heavy atom. The maximum absolute atomic E-state index is 13.2. The molecule has 0 aliphatic carbocycles. The van der Waals surface area contributed by atoms with Crippen LogP contribution in [0.1, 0.15) is 37.8 Å². The Kier molecular flexibility index (Phi) is 8.22. The van der Waals surface area contributed by atoms with Gasteiger partial charge in [-0.05, 0) is 42.7 Å². The molecule has 5 unspecified atom stereocenters. The van der Waals surface area contributed by atoms with Crippen molar-refractivity contribution in [2.24, 2.45) is 16.7 Å². The second-order valence-electron chi connectivity index (χ2n) is 9.70. The van der Waals surface area contributed by atoms with Crippen molar-refractivity contribution in [1.82, 2.24) is 0 Å². The fourth-order valence-electron chi connectivity index (χ4n) is 5.08. The summed E-state index contributed by atoms with van der Waals surface area (Å²) in [7, 11) is 0. The van der Waals surface area contributed by atoms with Gasteiger partial charge < -0.3 is 19.9 Å². The molecule has 2 aromatic rings. The number of hydrogen-bond donors (Lipinski definition) is 3.